The summed E-state index contributed by atoms with van der Waals surface area (Å²) in [5.41, 5.74) is 6.70. The number of benzene rings is 1. The number of carbonyl (C=O) groups excluding carboxylic acids is 3. The fourth-order valence-corrected chi connectivity index (χ4v) is 4.57. The Hall–Kier alpha value is -2.39. The van der Waals surface area contributed by atoms with E-state index >= 15 is 0 Å². The Morgan fingerprint density at radius 3 is 2.61 bits per heavy atom. The van der Waals surface area contributed by atoms with E-state index in [1.165, 1.54) is 6.92 Å². The molecule has 0 unspecified atom stereocenters. The van der Waals surface area contributed by atoms with Crippen molar-refractivity contribution in [3.63, 3.8) is 0 Å². The maximum atomic E-state index is 12.7. The van der Waals surface area contributed by atoms with Crippen LogP contribution in [-0.4, -0.2) is 48.9 Å². The lowest BCUT2D eigenvalue weighted by Crippen LogP contribution is -2.45. The monoisotopic (exact) mass is 429 g/mol. The third-order valence-electron chi connectivity index (χ3n) is 6.22. The van der Waals surface area contributed by atoms with E-state index in [4.69, 9.17) is 10.4 Å². The Morgan fingerprint density at radius 1 is 1.19 bits per heavy atom. The van der Waals surface area contributed by atoms with Gasteiger partial charge >= 0.3 is 13.1 Å². The van der Waals surface area contributed by atoms with Gasteiger partial charge in [0.25, 0.3) is 0 Å². The summed E-state index contributed by atoms with van der Waals surface area (Å²) in [6.07, 6.45) is 4.73. The minimum Gasteiger partial charge on any atom is -0.535 e. The van der Waals surface area contributed by atoms with E-state index in [1.54, 1.807) is 12.1 Å². The van der Waals surface area contributed by atoms with Gasteiger partial charge in [0, 0.05) is 37.8 Å². The van der Waals surface area contributed by atoms with Crippen LogP contribution in [0.5, 0.6) is 5.75 Å². The van der Waals surface area contributed by atoms with E-state index in [0.29, 0.717) is 43.2 Å². The first-order chi connectivity index (χ1) is 14.9. The number of nitrogens with two attached hydrogens (primary N) is 1. The highest BCUT2D eigenvalue weighted by Gasteiger charge is 2.37. The van der Waals surface area contributed by atoms with E-state index in [0.717, 1.165) is 31.2 Å². The minimum atomic E-state index is -1.09. The lowest BCUT2D eigenvalue weighted by molar-refractivity contribution is -0.120. The standard InChI is InChI=1S/C22H32BN3O5/c1-14(27)20-4-2-3-16-12-17(23(30)31-21(16)20)13-19(28)11-15-5-7-18(8-6-15)26-22(29)25-10-9-24/h2-4,15,17-18,30H,5-13,24H2,1H3,(H2,25,26,29)/t15?,17-,18?/m1/s1. The smallest absolute Gasteiger partial charge is 0.526 e. The minimum absolute atomic E-state index is 0.111. The molecule has 0 aromatic heterocycles. The molecule has 31 heavy (non-hydrogen) atoms. The number of Topliss-reactive ketones (excluding diaryl/α,β-unsaturated/α-hetero) is 2. The third-order valence-corrected chi connectivity index (χ3v) is 6.22. The molecule has 0 bridgehead atoms. The zero-order valence-electron chi connectivity index (χ0n) is 18.1. The van der Waals surface area contributed by atoms with Crippen molar-refractivity contribution in [3.8, 4) is 5.75 Å². The second-order valence-electron chi connectivity index (χ2n) is 8.68. The fraction of sp³-hybridized carbons (Fsp3) is 0.591. The van der Waals surface area contributed by atoms with Crippen molar-refractivity contribution >= 4 is 24.7 Å². The normalized spacial score (nSPS) is 22.8. The molecule has 9 heteroatoms. The van der Waals surface area contributed by atoms with Crippen LogP contribution < -0.4 is 21.0 Å². The summed E-state index contributed by atoms with van der Waals surface area (Å²) < 4.78 is 5.64. The Kier molecular flexibility index (Phi) is 8.09. The van der Waals surface area contributed by atoms with Crippen molar-refractivity contribution < 1.29 is 24.1 Å². The van der Waals surface area contributed by atoms with Gasteiger partial charge in [-0.1, -0.05) is 12.1 Å². The van der Waals surface area contributed by atoms with Crippen LogP contribution in [0.1, 0.15) is 61.4 Å². The molecule has 2 amide bonds. The number of nitrogens with one attached hydrogen (secondary N) is 2. The van der Waals surface area contributed by atoms with Crippen molar-refractivity contribution in [3.05, 3.63) is 29.3 Å². The van der Waals surface area contributed by atoms with Crippen molar-refractivity contribution in [1.82, 2.24) is 10.6 Å². The Balaban J connectivity index is 1.46. The zero-order chi connectivity index (χ0) is 22.4. The topological polar surface area (TPSA) is 131 Å². The van der Waals surface area contributed by atoms with Crippen LogP contribution >= 0.6 is 0 Å². The molecular weight excluding hydrogens is 397 g/mol. The summed E-state index contributed by atoms with van der Waals surface area (Å²) in [4.78, 5) is 36.2. The number of carbonyl (C=O) groups is 3. The van der Waals surface area contributed by atoms with Crippen LogP contribution in [0.4, 0.5) is 4.79 Å². The van der Waals surface area contributed by atoms with E-state index in [-0.39, 0.29) is 35.9 Å². The van der Waals surface area contributed by atoms with Gasteiger partial charge in [-0.3, -0.25) is 9.59 Å². The van der Waals surface area contributed by atoms with Crippen LogP contribution in [0.15, 0.2) is 18.2 Å². The quantitative estimate of drug-likeness (QED) is 0.369. The first kappa shape index (κ1) is 23.3. The average molecular weight is 429 g/mol. The number of amides is 2. The highest BCUT2D eigenvalue weighted by atomic mass is 16.5. The van der Waals surface area contributed by atoms with E-state index < -0.39 is 7.12 Å². The largest absolute Gasteiger partial charge is 0.535 e. The molecule has 1 aromatic carbocycles. The maximum Gasteiger partial charge on any atom is 0.526 e. The lowest BCUT2D eigenvalue weighted by Gasteiger charge is -2.30. The highest BCUT2D eigenvalue weighted by Crippen LogP contribution is 2.37. The van der Waals surface area contributed by atoms with Crippen LogP contribution in [0, 0.1) is 5.92 Å². The number of fused-ring (bicyclic) bond motifs is 1. The number of rotatable bonds is 8. The SMILES string of the molecule is CC(=O)c1cccc2c1OB(O)[C@@H](CC(=O)CC1CCC(NC(=O)NCCN)CC1)C2. The first-order valence-corrected chi connectivity index (χ1v) is 11.1. The Bertz CT molecular complexity index is 810. The third kappa shape index (κ3) is 6.30. The molecule has 0 radical (unpaired) electrons. The van der Waals surface area contributed by atoms with Gasteiger partial charge in [-0.05, 0) is 56.6 Å². The molecule has 3 rings (SSSR count). The molecule has 1 fully saturated rings. The van der Waals surface area contributed by atoms with Gasteiger partial charge in [0.1, 0.15) is 11.5 Å². The first-order valence-electron chi connectivity index (χ1n) is 11.1. The second-order valence-corrected chi connectivity index (χ2v) is 8.68. The summed E-state index contributed by atoms with van der Waals surface area (Å²) in [6, 6.07) is 5.31. The molecule has 2 aliphatic rings. The van der Waals surface area contributed by atoms with Gasteiger partial charge in [0.2, 0.25) is 0 Å². The molecular formula is C22H32BN3O5. The molecule has 1 heterocycles. The summed E-state index contributed by atoms with van der Waals surface area (Å²) in [5.74, 6) is 0.436. The van der Waals surface area contributed by atoms with Crippen molar-refractivity contribution in [1.29, 1.82) is 0 Å². The van der Waals surface area contributed by atoms with Crippen LogP contribution in [0.2, 0.25) is 5.82 Å². The fourth-order valence-electron chi connectivity index (χ4n) is 4.57. The molecule has 1 aliphatic carbocycles. The van der Waals surface area contributed by atoms with Crippen LogP contribution in [0.25, 0.3) is 0 Å². The number of ketones is 2. The molecule has 1 atom stereocenters. The van der Waals surface area contributed by atoms with Gasteiger partial charge in [0.05, 0.1) is 5.56 Å². The number of hydrogen-bond acceptors (Lipinski definition) is 6. The molecule has 1 saturated carbocycles. The van der Waals surface area contributed by atoms with Gasteiger partial charge in [-0.2, -0.15) is 0 Å². The Morgan fingerprint density at radius 2 is 1.94 bits per heavy atom. The van der Waals surface area contributed by atoms with Gasteiger partial charge in [-0.25, -0.2) is 4.79 Å². The summed E-state index contributed by atoms with van der Waals surface area (Å²) in [6.45, 7) is 2.33. The lowest BCUT2D eigenvalue weighted by atomic mass is 9.64. The number of hydrogen-bond donors (Lipinski definition) is 4. The Labute approximate surface area is 183 Å². The molecule has 1 aliphatic heterocycles. The zero-order valence-corrected chi connectivity index (χ0v) is 18.1. The predicted octanol–water partition coefficient (Wildman–Crippen LogP) is 1.84. The molecule has 0 saturated heterocycles. The van der Waals surface area contributed by atoms with Crippen LogP contribution in [-0.2, 0) is 11.2 Å². The molecule has 168 valence electrons. The van der Waals surface area contributed by atoms with E-state index in [2.05, 4.69) is 10.6 Å². The highest BCUT2D eigenvalue weighted by molar-refractivity contribution is 6.47. The second kappa shape index (κ2) is 10.8. The maximum absolute atomic E-state index is 12.7. The van der Waals surface area contributed by atoms with Crippen LogP contribution in [0.3, 0.4) is 0 Å². The number of para-hydroxylation sites is 1. The summed E-state index contributed by atoms with van der Waals surface area (Å²) >= 11 is 0. The molecule has 1 aromatic rings. The molecule has 5 N–H and O–H groups in total. The average Bonchev–Trinajstić information content (AvgIpc) is 2.73. The molecule has 8 nitrogen and oxygen atoms in total. The summed E-state index contributed by atoms with van der Waals surface area (Å²) in [7, 11) is -1.09. The molecule has 0 spiro atoms. The number of urea groups is 1. The van der Waals surface area contributed by atoms with Crippen molar-refractivity contribution in [2.75, 3.05) is 13.1 Å². The van der Waals surface area contributed by atoms with E-state index in [9.17, 15) is 19.4 Å². The van der Waals surface area contributed by atoms with Gasteiger partial charge in [-0.15, -0.1) is 0 Å². The van der Waals surface area contributed by atoms with Crippen molar-refractivity contribution in [2.45, 2.75) is 63.7 Å². The summed E-state index contributed by atoms with van der Waals surface area (Å²) in [5, 5.41) is 16.1. The van der Waals surface area contributed by atoms with Crippen molar-refractivity contribution in [2.24, 2.45) is 11.7 Å². The predicted molar refractivity (Wildman–Crippen MR) is 118 cm³/mol. The van der Waals surface area contributed by atoms with Gasteiger partial charge in [0.15, 0.2) is 5.78 Å². The van der Waals surface area contributed by atoms with Gasteiger partial charge < -0.3 is 26.0 Å². The van der Waals surface area contributed by atoms with E-state index in [1.807, 2.05) is 6.07 Å².